The predicted molar refractivity (Wildman–Crippen MR) is 69.6 cm³/mol. The zero-order valence-electron chi connectivity index (χ0n) is 11.0. The molecule has 1 aliphatic heterocycles. The molecule has 0 aromatic carbocycles. The van der Waals surface area contributed by atoms with Crippen molar-refractivity contribution in [3.8, 4) is 0 Å². The van der Waals surface area contributed by atoms with Gasteiger partial charge in [-0.25, -0.2) is 0 Å². The van der Waals surface area contributed by atoms with Crippen molar-refractivity contribution in [2.75, 3.05) is 26.2 Å². The second kappa shape index (κ2) is 6.02. The minimum absolute atomic E-state index is 0.781. The Morgan fingerprint density at radius 1 is 1.19 bits per heavy atom. The van der Waals surface area contributed by atoms with Crippen LogP contribution in [0.3, 0.4) is 0 Å². The van der Waals surface area contributed by atoms with Crippen molar-refractivity contribution in [3.05, 3.63) is 0 Å². The highest BCUT2D eigenvalue weighted by Crippen LogP contribution is 2.25. The Labute approximate surface area is 101 Å². The molecule has 2 rings (SSSR count). The number of hydrogen-bond acceptors (Lipinski definition) is 2. The van der Waals surface area contributed by atoms with Crippen LogP contribution in [-0.2, 0) is 0 Å². The fraction of sp³-hybridized carbons (Fsp3) is 1.00. The zero-order chi connectivity index (χ0) is 11.4. The summed E-state index contributed by atoms with van der Waals surface area (Å²) in [6, 6.07) is 0.781. The average molecular weight is 224 g/mol. The predicted octanol–water partition coefficient (Wildman–Crippen LogP) is 2.50. The van der Waals surface area contributed by atoms with Gasteiger partial charge in [0, 0.05) is 12.6 Å². The lowest BCUT2D eigenvalue weighted by molar-refractivity contribution is 0.150. The second-order valence-electron chi connectivity index (χ2n) is 5.82. The molecule has 0 amide bonds. The van der Waals surface area contributed by atoms with Crippen LogP contribution >= 0.6 is 0 Å². The molecule has 2 nitrogen and oxygen atoms in total. The second-order valence-corrected chi connectivity index (χ2v) is 5.82. The molecule has 2 fully saturated rings. The van der Waals surface area contributed by atoms with Crippen LogP contribution in [0, 0.1) is 11.8 Å². The summed E-state index contributed by atoms with van der Waals surface area (Å²) in [5.74, 6) is 1.81. The van der Waals surface area contributed by atoms with E-state index in [4.69, 9.17) is 0 Å². The van der Waals surface area contributed by atoms with Crippen LogP contribution in [0.4, 0.5) is 0 Å². The normalized spacial score (nSPS) is 33.4. The molecule has 0 aromatic rings. The number of hydrogen-bond donors (Lipinski definition) is 1. The van der Waals surface area contributed by atoms with Crippen molar-refractivity contribution in [2.24, 2.45) is 11.8 Å². The minimum Gasteiger partial charge on any atom is -0.313 e. The smallest absolute Gasteiger partial charge is 0.0117 e. The molecule has 0 aromatic heterocycles. The van der Waals surface area contributed by atoms with E-state index in [1.807, 2.05) is 0 Å². The largest absolute Gasteiger partial charge is 0.313 e. The van der Waals surface area contributed by atoms with Gasteiger partial charge in [-0.2, -0.15) is 0 Å². The molecular formula is C14H28N2. The Balaban J connectivity index is 1.69. The number of nitrogens with zero attached hydrogens (tertiary/aromatic N) is 1. The van der Waals surface area contributed by atoms with Crippen molar-refractivity contribution in [1.82, 2.24) is 10.2 Å². The van der Waals surface area contributed by atoms with Gasteiger partial charge in [0.15, 0.2) is 0 Å². The van der Waals surface area contributed by atoms with E-state index in [0.717, 1.165) is 17.9 Å². The number of nitrogens with one attached hydrogen (secondary N) is 1. The summed E-state index contributed by atoms with van der Waals surface area (Å²) in [7, 11) is 0. The first-order valence-corrected chi connectivity index (χ1v) is 7.25. The lowest BCUT2D eigenvalue weighted by Crippen LogP contribution is -2.49. The molecule has 0 spiro atoms. The van der Waals surface area contributed by atoms with E-state index in [1.54, 1.807) is 0 Å². The Morgan fingerprint density at radius 2 is 1.94 bits per heavy atom. The molecular weight excluding hydrogens is 196 g/mol. The van der Waals surface area contributed by atoms with Crippen molar-refractivity contribution in [2.45, 2.75) is 52.0 Å². The third-order valence-electron chi connectivity index (χ3n) is 4.58. The highest BCUT2D eigenvalue weighted by molar-refractivity contribution is 4.83. The van der Waals surface area contributed by atoms with Crippen molar-refractivity contribution in [1.29, 1.82) is 0 Å². The first kappa shape index (κ1) is 12.4. The van der Waals surface area contributed by atoms with Gasteiger partial charge in [-0.1, -0.05) is 26.7 Å². The molecule has 16 heavy (non-hydrogen) atoms. The van der Waals surface area contributed by atoms with Crippen molar-refractivity contribution in [3.63, 3.8) is 0 Å². The van der Waals surface area contributed by atoms with Crippen LogP contribution in [0.5, 0.6) is 0 Å². The summed E-state index contributed by atoms with van der Waals surface area (Å²) in [5.41, 5.74) is 0. The fourth-order valence-electron chi connectivity index (χ4n) is 3.35. The summed E-state index contributed by atoms with van der Waals surface area (Å²) in [6.07, 6.45) is 7.22. The maximum Gasteiger partial charge on any atom is 0.0117 e. The molecule has 1 heterocycles. The van der Waals surface area contributed by atoms with Gasteiger partial charge in [-0.15, -0.1) is 0 Å². The Morgan fingerprint density at radius 3 is 2.56 bits per heavy atom. The van der Waals surface area contributed by atoms with Gasteiger partial charge in [0.2, 0.25) is 0 Å². The summed E-state index contributed by atoms with van der Waals surface area (Å²) < 4.78 is 0. The summed E-state index contributed by atoms with van der Waals surface area (Å²) in [4.78, 5) is 2.58. The Bertz CT molecular complexity index is 199. The molecule has 2 atom stereocenters. The number of piperidine rings is 1. The average Bonchev–Trinajstić information content (AvgIpc) is 2.80. The van der Waals surface area contributed by atoms with Gasteiger partial charge in [0.25, 0.3) is 0 Å². The zero-order valence-corrected chi connectivity index (χ0v) is 11.0. The molecule has 1 saturated carbocycles. The molecule has 1 aliphatic carbocycles. The highest BCUT2D eigenvalue weighted by Gasteiger charge is 2.25. The van der Waals surface area contributed by atoms with Crippen LogP contribution in [0.25, 0.3) is 0 Å². The third kappa shape index (κ3) is 3.21. The third-order valence-corrected chi connectivity index (χ3v) is 4.58. The highest BCUT2D eigenvalue weighted by atomic mass is 15.1. The SMILES string of the molecule is CCN1CCC(NCC2CCCC2)C(C)C1. The lowest BCUT2D eigenvalue weighted by atomic mass is 9.93. The van der Waals surface area contributed by atoms with E-state index in [2.05, 4.69) is 24.1 Å². The monoisotopic (exact) mass is 224 g/mol. The molecule has 94 valence electrons. The van der Waals surface area contributed by atoms with E-state index in [1.165, 1.54) is 58.3 Å². The van der Waals surface area contributed by atoms with Gasteiger partial charge in [0.1, 0.15) is 0 Å². The molecule has 2 heteroatoms. The van der Waals surface area contributed by atoms with E-state index in [0.29, 0.717) is 0 Å². The molecule has 1 saturated heterocycles. The Hall–Kier alpha value is -0.0800. The van der Waals surface area contributed by atoms with E-state index in [-0.39, 0.29) is 0 Å². The van der Waals surface area contributed by atoms with Gasteiger partial charge >= 0.3 is 0 Å². The molecule has 0 bridgehead atoms. The van der Waals surface area contributed by atoms with Gasteiger partial charge < -0.3 is 10.2 Å². The molecule has 0 radical (unpaired) electrons. The quantitative estimate of drug-likeness (QED) is 0.789. The Kier molecular flexibility index (Phi) is 4.66. The molecule has 2 unspecified atom stereocenters. The minimum atomic E-state index is 0.781. The van der Waals surface area contributed by atoms with Crippen LogP contribution < -0.4 is 5.32 Å². The van der Waals surface area contributed by atoms with Crippen molar-refractivity contribution >= 4 is 0 Å². The van der Waals surface area contributed by atoms with Crippen LogP contribution in [-0.4, -0.2) is 37.1 Å². The number of rotatable bonds is 4. The maximum atomic E-state index is 3.83. The lowest BCUT2D eigenvalue weighted by Gasteiger charge is -2.37. The van der Waals surface area contributed by atoms with Gasteiger partial charge in [0.05, 0.1) is 0 Å². The first-order valence-electron chi connectivity index (χ1n) is 7.25. The van der Waals surface area contributed by atoms with Crippen molar-refractivity contribution < 1.29 is 0 Å². The van der Waals surface area contributed by atoms with Gasteiger partial charge in [-0.05, 0) is 50.7 Å². The number of likely N-dealkylation sites (tertiary alicyclic amines) is 1. The van der Waals surface area contributed by atoms with Gasteiger partial charge in [-0.3, -0.25) is 0 Å². The summed E-state index contributed by atoms with van der Waals surface area (Å²) >= 11 is 0. The van der Waals surface area contributed by atoms with E-state index < -0.39 is 0 Å². The topological polar surface area (TPSA) is 15.3 Å². The fourth-order valence-corrected chi connectivity index (χ4v) is 3.35. The maximum absolute atomic E-state index is 3.83. The standard InChI is InChI=1S/C14H28N2/c1-3-16-9-8-14(12(2)11-16)15-10-13-6-4-5-7-13/h12-15H,3-11H2,1-2H3. The summed E-state index contributed by atoms with van der Waals surface area (Å²) in [5, 5.41) is 3.83. The van der Waals surface area contributed by atoms with E-state index >= 15 is 0 Å². The van der Waals surface area contributed by atoms with Crippen LogP contribution in [0.1, 0.15) is 46.0 Å². The summed E-state index contributed by atoms with van der Waals surface area (Å²) in [6.45, 7) is 9.77. The van der Waals surface area contributed by atoms with Crippen LogP contribution in [0.2, 0.25) is 0 Å². The first-order chi connectivity index (χ1) is 7.79. The van der Waals surface area contributed by atoms with Crippen LogP contribution in [0.15, 0.2) is 0 Å². The molecule has 1 N–H and O–H groups in total. The molecule has 2 aliphatic rings. The van der Waals surface area contributed by atoms with E-state index in [9.17, 15) is 0 Å².